The summed E-state index contributed by atoms with van der Waals surface area (Å²) in [6.07, 6.45) is -3.28. The summed E-state index contributed by atoms with van der Waals surface area (Å²) in [5.74, 6) is -1.43. The van der Waals surface area contributed by atoms with E-state index in [2.05, 4.69) is 14.7 Å². The number of benzene rings is 1. The quantitative estimate of drug-likeness (QED) is 0.691. The van der Waals surface area contributed by atoms with Gasteiger partial charge in [-0.1, -0.05) is 0 Å². The third-order valence-electron chi connectivity index (χ3n) is 2.15. The number of hydrogen-bond donors (Lipinski definition) is 1. The Balaban J connectivity index is 2.39. The molecular formula is C11H6F4N2O2. The number of halogens is 4. The van der Waals surface area contributed by atoms with Gasteiger partial charge in [0.2, 0.25) is 0 Å². The highest BCUT2D eigenvalue weighted by Gasteiger charge is 2.31. The zero-order valence-electron chi connectivity index (χ0n) is 9.16. The second-order valence-corrected chi connectivity index (χ2v) is 3.49. The molecule has 100 valence electrons. The summed E-state index contributed by atoms with van der Waals surface area (Å²) >= 11 is 0. The van der Waals surface area contributed by atoms with E-state index < -0.39 is 17.9 Å². The van der Waals surface area contributed by atoms with E-state index in [9.17, 15) is 22.4 Å². The maximum atomic E-state index is 13.5. The first kappa shape index (κ1) is 13.1. The van der Waals surface area contributed by atoms with Gasteiger partial charge in [-0.05, 0) is 18.2 Å². The molecule has 2 rings (SSSR count). The minimum Gasteiger partial charge on any atom is -0.406 e. The molecule has 0 fully saturated rings. The third kappa shape index (κ3) is 3.09. The molecule has 0 bridgehead atoms. The van der Waals surface area contributed by atoms with E-state index in [-0.39, 0.29) is 17.1 Å². The number of aldehydes is 1. The molecule has 0 atom stereocenters. The Morgan fingerprint density at radius 1 is 1.32 bits per heavy atom. The van der Waals surface area contributed by atoms with E-state index in [1.807, 2.05) is 0 Å². The zero-order chi connectivity index (χ0) is 14.0. The molecule has 8 heteroatoms. The highest BCUT2D eigenvalue weighted by atomic mass is 19.4. The highest BCUT2D eigenvalue weighted by molar-refractivity contribution is 5.73. The van der Waals surface area contributed by atoms with Crippen LogP contribution in [-0.2, 0) is 0 Å². The van der Waals surface area contributed by atoms with Gasteiger partial charge in [-0.2, -0.15) is 0 Å². The summed E-state index contributed by atoms with van der Waals surface area (Å²) in [4.78, 5) is 16.6. The van der Waals surface area contributed by atoms with Crippen molar-refractivity contribution >= 4 is 6.29 Å². The van der Waals surface area contributed by atoms with E-state index in [1.54, 1.807) is 0 Å². The first-order chi connectivity index (χ1) is 8.89. The Hall–Kier alpha value is -2.38. The highest BCUT2D eigenvalue weighted by Crippen LogP contribution is 2.28. The minimum absolute atomic E-state index is 0.0628. The van der Waals surface area contributed by atoms with Gasteiger partial charge in [0.1, 0.15) is 17.4 Å². The fraction of sp³-hybridized carbons (Fsp3) is 0.0909. The molecule has 0 amide bonds. The number of aromatic amines is 1. The lowest BCUT2D eigenvalue weighted by Crippen LogP contribution is -2.17. The Labute approximate surface area is 104 Å². The van der Waals surface area contributed by atoms with E-state index >= 15 is 0 Å². The van der Waals surface area contributed by atoms with Crippen molar-refractivity contribution in [1.82, 2.24) is 9.97 Å². The molecule has 0 saturated carbocycles. The molecule has 0 aliphatic heterocycles. The van der Waals surface area contributed by atoms with E-state index in [1.165, 1.54) is 0 Å². The van der Waals surface area contributed by atoms with Gasteiger partial charge in [0, 0.05) is 0 Å². The maximum Gasteiger partial charge on any atom is 0.573 e. The minimum atomic E-state index is -4.87. The van der Waals surface area contributed by atoms with Crippen molar-refractivity contribution < 1.29 is 27.1 Å². The lowest BCUT2D eigenvalue weighted by Gasteiger charge is -2.09. The van der Waals surface area contributed by atoms with Gasteiger partial charge in [-0.3, -0.25) is 4.79 Å². The molecule has 4 nitrogen and oxygen atoms in total. The number of carbonyl (C=O) groups is 1. The molecule has 0 unspecified atom stereocenters. The van der Waals surface area contributed by atoms with Crippen molar-refractivity contribution in [2.45, 2.75) is 6.36 Å². The van der Waals surface area contributed by atoms with Crippen molar-refractivity contribution in [2.75, 3.05) is 0 Å². The number of aromatic nitrogens is 2. The molecule has 2 aromatic rings. The van der Waals surface area contributed by atoms with Crippen molar-refractivity contribution in [3.63, 3.8) is 0 Å². The Morgan fingerprint density at radius 3 is 2.63 bits per heavy atom. The summed E-state index contributed by atoms with van der Waals surface area (Å²) in [7, 11) is 0. The lowest BCUT2D eigenvalue weighted by molar-refractivity contribution is -0.274. The van der Waals surface area contributed by atoms with E-state index in [0.29, 0.717) is 6.29 Å². The van der Waals surface area contributed by atoms with Crippen molar-refractivity contribution in [3.05, 3.63) is 35.9 Å². The van der Waals surface area contributed by atoms with Gasteiger partial charge in [0.15, 0.2) is 6.29 Å². The summed E-state index contributed by atoms with van der Waals surface area (Å²) in [5.41, 5.74) is -0.147. The summed E-state index contributed by atoms with van der Waals surface area (Å²) in [6.45, 7) is 0. The standard InChI is InChI=1S/C11H6F4N2O2/c12-9-2-1-7(19-11(13,14)15)3-8(9)10-16-4-6(5-18)17-10/h1-5H,(H,16,17). The number of alkyl halides is 3. The van der Waals surface area contributed by atoms with E-state index in [4.69, 9.17) is 0 Å². The van der Waals surface area contributed by atoms with Crippen LogP contribution >= 0.6 is 0 Å². The number of imidazole rings is 1. The van der Waals surface area contributed by atoms with Crippen LogP contribution < -0.4 is 4.74 Å². The number of carbonyl (C=O) groups excluding carboxylic acids is 1. The fourth-order valence-electron chi connectivity index (χ4n) is 1.42. The Kier molecular flexibility index (Phi) is 3.24. The monoisotopic (exact) mass is 274 g/mol. The molecule has 19 heavy (non-hydrogen) atoms. The molecule has 0 spiro atoms. The fourth-order valence-corrected chi connectivity index (χ4v) is 1.42. The average Bonchev–Trinajstić information content (AvgIpc) is 2.78. The van der Waals surface area contributed by atoms with Crippen LogP contribution in [0.25, 0.3) is 11.4 Å². The van der Waals surface area contributed by atoms with Crippen LogP contribution in [0, 0.1) is 5.82 Å². The normalized spacial score (nSPS) is 11.4. The molecule has 1 N–H and O–H groups in total. The Bertz CT molecular complexity index is 607. The van der Waals surface area contributed by atoms with Gasteiger partial charge in [-0.15, -0.1) is 13.2 Å². The molecule has 1 aromatic heterocycles. The maximum absolute atomic E-state index is 13.5. The largest absolute Gasteiger partial charge is 0.573 e. The third-order valence-corrected chi connectivity index (χ3v) is 2.15. The van der Waals surface area contributed by atoms with Crippen LogP contribution in [0.2, 0.25) is 0 Å². The topological polar surface area (TPSA) is 55.0 Å². The van der Waals surface area contributed by atoms with Crippen molar-refractivity contribution in [1.29, 1.82) is 0 Å². The zero-order valence-corrected chi connectivity index (χ0v) is 9.16. The van der Waals surface area contributed by atoms with E-state index in [0.717, 1.165) is 24.4 Å². The number of rotatable bonds is 3. The molecule has 0 aliphatic carbocycles. The van der Waals surface area contributed by atoms with Crippen LogP contribution in [0.4, 0.5) is 17.6 Å². The van der Waals surface area contributed by atoms with Crippen molar-refractivity contribution in [3.8, 4) is 17.1 Å². The molecule has 0 saturated heterocycles. The van der Waals surface area contributed by atoms with Gasteiger partial charge >= 0.3 is 6.36 Å². The first-order valence-corrected chi connectivity index (χ1v) is 4.95. The average molecular weight is 274 g/mol. The smallest absolute Gasteiger partial charge is 0.406 e. The van der Waals surface area contributed by atoms with Gasteiger partial charge < -0.3 is 9.72 Å². The van der Waals surface area contributed by atoms with Gasteiger partial charge in [0.25, 0.3) is 0 Å². The first-order valence-electron chi connectivity index (χ1n) is 4.95. The molecule has 0 aliphatic rings. The van der Waals surface area contributed by atoms with Gasteiger partial charge in [0.05, 0.1) is 17.5 Å². The number of nitrogens with one attached hydrogen (secondary N) is 1. The van der Waals surface area contributed by atoms with Crippen molar-refractivity contribution in [2.24, 2.45) is 0 Å². The number of hydrogen-bond acceptors (Lipinski definition) is 3. The molecule has 0 radical (unpaired) electrons. The van der Waals surface area contributed by atoms with Crippen LogP contribution in [0.5, 0.6) is 5.75 Å². The predicted molar refractivity (Wildman–Crippen MR) is 56.1 cm³/mol. The second kappa shape index (κ2) is 4.71. The predicted octanol–water partition coefficient (Wildman–Crippen LogP) is 2.93. The Morgan fingerprint density at radius 2 is 2.05 bits per heavy atom. The molecular weight excluding hydrogens is 268 g/mol. The summed E-state index contributed by atoms with van der Waals surface area (Å²) in [6, 6.07) is 2.51. The van der Waals surface area contributed by atoms with Crippen LogP contribution in [-0.4, -0.2) is 22.6 Å². The number of nitrogens with zero attached hydrogens (tertiary/aromatic N) is 1. The molecule has 1 heterocycles. The lowest BCUT2D eigenvalue weighted by atomic mass is 10.2. The molecule has 1 aromatic carbocycles. The second-order valence-electron chi connectivity index (χ2n) is 3.49. The number of H-pyrrole nitrogens is 1. The summed E-state index contributed by atoms with van der Waals surface area (Å²) in [5, 5.41) is 0. The van der Waals surface area contributed by atoms with Crippen LogP contribution in [0.15, 0.2) is 24.4 Å². The van der Waals surface area contributed by atoms with Crippen LogP contribution in [0.3, 0.4) is 0 Å². The SMILES string of the molecule is O=Cc1cnc(-c2cc(OC(F)(F)F)ccc2F)[nH]1. The van der Waals surface area contributed by atoms with Crippen LogP contribution in [0.1, 0.15) is 10.5 Å². The number of ether oxygens (including phenoxy) is 1. The van der Waals surface area contributed by atoms with Gasteiger partial charge in [-0.25, -0.2) is 9.37 Å². The summed E-state index contributed by atoms with van der Waals surface area (Å²) < 4.78 is 53.3.